The molecule has 0 spiro atoms. The van der Waals surface area contributed by atoms with Gasteiger partial charge in [0.2, 0.25) is 0 Å². The van der Waals surface area contributed by atoms with Crippen molar-refractivity contribution in [1.29, 1.82) is 0 Å². The second kappa shape index (κ2) is 5.26. The Kier molecular flexibility index (Phi) is 3.73. The second-order valence-corrected chi connectivity index (χ2v) is 5.38. The summed E-state index contributed by atoms with van der Waals surface area (Å²) in [6, 6.07) is 6.89. The molecule has 1 aromatic carbocycles. The molecule has 1 aliphatic carbocycles. The molecule has 0 aliphatic heterocycles. The molecular formula is C11H13AsN2O2. The number of hydrogen-bond acceptors (Lipinski definition) is 2. The second-order valence-electron chi connectivity index (χ2n) is 3.92. The number of benzene rings is 1. The van der Waals surface area contributed by atoms with Crippen LogP contribution in [0.2, 0.25) is 0 Å². The van der Waals surface area contributed by atoms with Crippen molar-refractivity contribution >= 4 is 31.8 Å². The maximum absolute atomic E-state index is 11.4. The summed E-state index contributed by atoms with van der Waals surface area (Å²) >= 11 is -0.980. The monoisotopic (exact) mass is 280 g/mol. The van der Waals surface area contributed by atoms with Crippen LogP contribution in [0.1, 0.15) is 12.8 Å². The molecule has 2 rings (SSSR count). The third kappa shape index (κ3) is 3.46. The Morgan fingerprint density at radius 3 is 2.56 bits per heavy atom. The van der Waals surface area contributed by atoms with Gasteiger partial charge >= 0.3 is 100 Å². The van der Waals surface area contributed by atoms with Crippen molar-refractivity contribution in [3.8, 4) is 0 Å². The van der Waals surface area contributed by atoms with E-state index in [4.69, 9.17) is 0 Å². The molecule has 4 nitrogen and oxygen atoms in total. The van der Waals surface area contributed by atoms with E-state index in [1.54, 1.807) is 24.3 Å². The van der Waals surface area contributed by atoms with E-state index >= 15 is 0 Å². The van der Waals surface area contributed by atoms with Crippen LogP contribution in [0, 0.1) is 5.92 Å². The maximum atomic E-state index is 11.4. The number of nitrogens with one attached hydrogen (secondary N) is 2. The van der Waals surface area contributed by atoms with Crippen LogP contribution in [0.5, 0.6) is 0 Å². The summed E-state index contributed by atoms with van der Waals surface area (Å²) in [7, 11) is 0. The average Bonchev–Trinajstić information content (AvgIpc) is 3.11. The van der Waals surface area contributed by atoms with Crippen molar-refractivity contribution in [2.45, 2.75) is 12.8 Å². The topological polar surface area (TPSA) is 58.2 Å². The number of carbonyl (C=O) groups is 1. The molecule has 0 bridgehead atoms. The Bertz CT molecular complexity index is 387. The third-order valence-corrected chi connectivity index (χ3v) is 3.55. The number of carbonyl (C=O) groups excluding carboxylic acids is 1. The van der Waals surface area contributed by atoms with Gasteiger partial charge in [-0.2, -0.15) is 0 Å². The molecule has 0 radical (unpaired) electrons. The molecule has 0 atom stereocenters. The van der Waals surface area contributed by atoms with Gasteiger partial charge in [0.15, 0.2) is 0 Å². The van der Waals surface area contributed by atoms with E-state index in [0.29, 0.717) is 5.92 Å². The van der Waals surface area contributed by atoms with Gasteiger partial charge in [0, 0.05) is 0 Å². The first kappa shape index (κ1) is 11.3. The Morgan fingerprint density at radius 2 is 2.00 bits per heavy atom. The van der Waals surface area contributed by atoms with Crippen LogP contribution >= 0.6 is 0 Å². The van der Waals surface area contributed by atoms with Gasteiger partial charge in [-0.1, -0.05) is 0 Å². The van der Waals surface area contributed by atoms with E-state index in [1.165, 1.54) is 12.8 Å². The van der Waals surface area contributed by atoms with Crippen molar-refractivity contribution in [2.75, 3.05) is 11.9 Å². The first-order valence-electron chi connectivity index (χ1n) is 5.26. The van der Waals surface area contributed by atoms with Gasteiger partial charge in [0.25, 0.3) is 0 Å². The fourth-order valence-corrected chi connectivity index (χ4v) is 1.91. The summed E-state index contributed by atoms with van der Waals surface area (Å²) in [5, 5.41) is 5.55. The molecule has 84 valence electrons. The SMILES string of the molecule is O=[As]c1ccc(NC(=O)NCC2CC2)cc1. The summed E-state index contributed by atoms with van der Waals surface area (Å²) in [5.41, 5.74) is 0.728. The van der Waals surface area contributed by atoms with Gasteiger partial charge in [0.1, 0.15) is 0 Å². The Morgan fingerprint density at radius 1 is 1.31 bits per heavy atom. The molecule has 5 heteroatoms. The molecule has 0 saturated heterocycles. The Hall–Kier alpha value is -1.15. The Balaban J connectivity index is 1.81. The van der Waals surface area contributed by atoms with Crippen LogP contribution in [0.15, 0.2) is 24.3 Å². The fraction of sp³-hybridized carbons (Fsp3) is 0.364. The van der Waals surface area contributed by atoms with Crippen LogP contribution in [0.3, 0.4) is 0 Å². The van der Waals surface area contributed by atoms with E-state index in [9.17, 15) is 8.53 Å². The van der Waals surface area contributed by atoms with Crippen LogP contribution in [0.4, 0.5) is 10.5 Å². The molecule has 2 amide bonds. The number of hydrogen-bond donors (Lipinski definition) is 2. The molecule has 0 aromatic heterocycles. The zero-order valence-corrected chi connectivity index (χ0v) is 10.6. The van der Waals surface area contributed by atoms with Gasteiger partial charge in [0.05, 0.1) is 0 Å². The average molecular weight is 280 g/mol. The van der Waals surface area contributed by atoms with Gasteiger partial charge in [-0.25, -0.2) is 0 Å². The molecule has 1 saturated carbocycles. The first-order chi connectivity index (χ1) is 7.78. The molecule has 0 heterocycles. The predicted octanol–water partition coefficient (Wildman–Crippen LogP) is 0.893. The van der Waals surface area contributed by atoms with E-state index < -0.39 is 15.7 Å². The van der Waals surface area contributed by atoms with E-state index in [1.807, 2.05) is 0 Å². The summed E-state index contributed by atoms with van der Waals surface area (Å²) in [5.74, 6) is 0.678. The number of amides is 2. The first-order valence-corrected chi connectivity index (χ1v) is 6.96. The molecule has 2 N–H and O–H groups in total. The third-order valence-electron chi connectivity index (χ3n) is 2.48. The van der Waals surface area contributed by atoms with E-state index in [-0.39, 0.29) is 6.03 Å². The van der Waals surface area contributed by atoms with Crippen molar-refractivity contribution in [3.05, 3.63) is 24.3 Å². The van der Waals surface area contributed by atoms with E-state index in [2.05, 4.69) is 10.6 Å². The molecule has 1 aromatic rings. The number of rotatable bonds is 4. The Labute approximate surface area is 101 Å². The van der Waals surface area contributed by atoms with Gasteiger partial charge in [-0.3, -0.25) is 0 Å². The zero-order valence-electron chi connectivity index (χ0n) is 8.77. The van der Waals surface area contributed by atoms with Crippen LogP contribution in [-0.2, 0) is 3.74 Å². The van der Waals surface area contributed by atoms with Gasteiger partial charge in [-0.05, 0) is 0 Å². The van der Waals surface area contributed by atoms with E-state index in [0.717, 1.165) is 16.6 Å². The minimum atomic E-state index is -0.980. The van der Waals surface area contributed by atoms with Gasteiger partial charge in [-0.15, -0.1) is 0 Å². The number of anilines is 1. The summed E-state index contributed by atoms with van der Waals surface area (Å²) in [6.07, 6.45) is 2.45. The molecule has 1 aliphatic rings. The van der Waals surface area contributed by atoms with Crippen LogP contribution in [0.25, 0.3) is 0 Å². The summed E-state index contributed by atoms with van der Waals surface area (Å²) in [4.78, 5) is 11.4. The molecule has 0 unspecified atom stereocenters. The minimum absolute atomic E-state index is 0.171. The summed E-state index contributed by atoms with van der Waals surface area (Å²) < 4.78 is 11.5. The quantitative estimate of drug-likeness (QED) is 0.805. The molecule has 1 fully saturated rings. The zero-order chi connectivity index (χ0) is 11.4. The molecule has 16 heavy (non-hydrogen) atoms. The summed E-state index contributed by atoms with van der Waals surface area (Å²) in [6.45, 7) is 0.759. The standard InChI is InChI=1S/C11H13AsN2O2/c15-11(13-7-8-1-2-8)14-10-5-3-9(12-16)4-6-10/h3-6,8H,1-2,7H2,(H2,13,14,15). The van der Waals surface area contributed by atoms with Crippen molar-refractivity contribution in [2.24, 2.45) is 5.92 Å². The van der Waals surface area contributed by atoms with Crippen molar-refractivity contribution in [3.63, 3.8) is 0 Å². The van der Waals surface area contributed by atoms with Crippen molar-refractivity contribution < 1.29 is 8.53 Å². The van der Waals surface area contributed by atoms with Crippen LogP contribution in [-0.4, -0.2) is 28.3 Å². The van der Waals surface area contributed by atoms with Crippen LogP contribution < -0.4 is 15.0 Å². The normalized spacial score (nSPS) is 14.8. The predicted molar refractivity (Wildman–Crippen MR) is 62.3 cm³/mol. The molecular weight excluding hydrogens is 267 g/mol. The van der Waals surface area contributed by atoms with Gasteiger partial charge < -0.3 is 0 Å². The fourth-order valence-electron chi connectivity index (χ4n) is 1.34. The number of urea groups is 1. The van der Waals surface area contributed by atoms with Crippen molar-refractivity contribution in [1.82, 2.24) is 5.32 Å².